The number of ether oxygens (including phenoxy) is 2. The van der Waals surface area contributed by atoms with Gasteiger partial charge >= 0.3 is 0 Å². The summed E-state index contributed by atoms with van der Waals surface area (Å²) in [6, 6.07) is 10.8. The molecule has 2 aliphatic rings. The van der Waals surface area contributed by atoms with Crippen LogP contribution in [0, 0.1) is 0 Å². The number of rotatable bonds is 7. The molecule has 0 saturated carbocycles. The van der Waals surface area contributed by atoms with Crippen LogP contribution in [0.25, 0.3) is 0 Å². The molecule has 0 amide bonds. The first-order valence-corrected chi connectivity index (χ1v) is 10.3. The van der Waals surface area contributed by atoms with Gasteiger partial charge in [-0.05, 0) is 25.3 Å². The van der Waals surface area contributed by atoms with Crippen molar-refractivity contribution in [2.75, 3.05) is 65.7 Å². The Bertz CT molecular complexity index is 573. The first-order valence-electron chi connectivity index (χ1n) is 10.3. The second kappa shape index (κ2) is 12.6. The maximum absolute atomic E-state index is 5.64. The van der Waals surface area contributed by atoms with E-state index in [1.165, 1.54) is 5.56 Å². The van der Waals surface area contributed by atoms with Gasteiger partial charge in [-0.15, -0.1) is 24.0 Å². The average Bonchev–Trinajstić information content (AvgIpc) is 2.74. The van der Waals surface area contributed by atoms with Gasteiger partial charge in [0.15, 0.2) is 5.96 Å². The minimum atomic E-state index is 0. The third-order valence-corrected chi connectivity index (χ3v) is 5.54. The Morgan fingerprint density at radius 3 is 2.39 bits per heavy atom. The molecule has 0 aliphatic carbocycles. The molecule has 2 N–H and O–H groups in total. The van der Waals surface area contributed by atoms with Crippen LogP contribution in [0.4, 0.5) is 0 Å². The van der Waals surface area contributed by atoms with Gasteiger partial charge in [0.1, 0.15) is 0 Å². The van der Waals surface area contributed by atoms with E-state index in [0.29, 0.717) is 0 Å². The molecule has 0 unspecified atom stereocenters. The van der Waals surface area contributed by atoms with Gasteiger partial charge in [-0.25, -0.2) is 0 Å². The Labute approximate surface area is 186 Å². The quantitative estimate of drug-likeness (QED) is 0.341. The summed E-state index contributed by atoms with van der Waals surface area (Å²) in [5, 5.41) is 6.89. The van der Waals surface area contributed by atoms with Crippen molar-refractivity contribution < 1.29 is 9.47 Å². The van der Waals surface area contributed by atoms with Crippen LogP contribution in [0.1, 0.15) is 25.3 Å². The topological polar surface area (TPSA) is 58.1 Å². The third-order valence-electron chi connectivity index (χ3n) is 5.54. The van der Waals surface area contributed by atoms with Crippen LogP contribution < -0.4 is 10.6 Å². The zero-order chi connectivity index (χ0) is 18.8. The summed E-state index contributed by atoms with van der Waals surface area (Å²) in [5.41, 5.74) is 1.45. The maximum atomic E-state index is 5.64. The van der Waals surface area contributed by atoms with Gasteiger partial charge < -0.3 is 20.1 Å². The molecule has 0 atom stereocenters. The van der Waals surface area contributed by atoms with Gasteiger partial charge in [0.05, 0.1) is 19.8 Å². The lowest BCUT2D eigenvalue weighted by molar-refractivity contribution is 0.0389. The summed E-state index contributed by atoms with van der Waals surface area (Å²) in [7, 11) is 0. The highest BCUT2D eigenvalue weighted by Crippen LogP contribution is 2.35. The molecule has 1 aromatic carbocycles. The molecule has 0 bridgehead atoms. The lowest BCUT2D eigenvalue weighted by Gasteiger charge is -2.36. The van der Waals surface area contributed by atoms with E-state index >= 15 is 0 Å². The molecule has 6 nitrogen and oxygen atoms in total. The first-order chi connectivity index (χ1) is 13.3. The molecule has 158 valence electrons. The zero-order valence-electron chi connectivity index (χ0n) is 17.0. The molecule has 0 spiro atoms. The SMILES string of the molecule is CCNC(=NCC1(c2ccccc2)CCOCC1)NCCN1CCOCC1.I. The van der Waals surface area contributed by atoms with Crippen LogP contribution in [0.15, 0.2) is 35.3 Å². The van der Waals surface area contributed by atoms with E-state index in [0.717, 1.165) is 84.5 Å². The van der Waals surface area contributed by atoms with Gasteiger partial charge in [0.25, 0.3) is 0 Å². The molecule has 0 radical (unpaired) electrons. The second-order valence-corrected chi connectivity index (χ2v) is 7.33. The number of halogens is 1. The highest BCUT2D eigenvalue weighted by Gasteiger charge is 2.34. The molecule has 2 saturated heterocycles. The van der Waals surface area contributed by atoms with E-state index in [4.69, 9.17) is 14.5 Å². The molecule has 3 rings (SSSR count). The minimum absolute atomic E-state index is 0. The summed E-state index contributed by atoms with van der Waals surface area (Å²) in [6.07, 6.45) is 2.04. The Kier molecular flexibility index (Phi) is 10.5. The van der Waals surface area contributed by atoms with Crippen molar-refractivity contribution >= 4 is 29.9 Å². The summed E-state index contributed by atoms with van der Waals surface area (Å²) >= 11 is 0. The summed E-state index contributed by atoms with van der Waals surface area (Å²) in [4.78, 5) is 7.40. The van der Waals surface area contributed by atoms with Crippen molar-refractivity contribution in [3.63, 3.8) is 0 Å². The fourth-order valence-corrected chi connectivity index (χ4v) is 3.82. The Morgan fingerprint density at radius 1 is 1.04 bits per heavy atom. The molecule has 7 heteroatoms. The number of morpholine rings is 1. The van der Waals surface area contributed by atoms with E-state index in [1.54, 1.807) is 0 Å². The van der Waals surface area contributed by atoms with Crippen LogP contribution in [-0.4, -0.2) is 76.6 Å². The van der Waals surface area contributed by atoms with Crippen molar-refractivity contribution in [3.05, 3.63) is 35.9 Å². The number of aliphatic imine (C=N–C) groups is 1. The lowest BCUT2D eigenvalue weighted by Crippen LogP contribution is -2.45. The van der Waals surface area contributed by atoms with Crippen molar-refractivity contribution in [2.45, 2.75) is 25.2 Å². The number of hydrogen-bond donors (Lipinski definition) is 2. The second-order valence-electron chi connectivity index (χ2n) is 7.33. The van der Waals surface area contributed by atoms with Crippen LogP contribution >= 0.6 is 24.0 Å². The number of nitrogens with zero attached hydrogens (tertiary/aromatic N) is 2. The van der Waals surface area contributed by atoms with Gasteiger partial charge in [-0.3, -0.25) is 9.89 Å². The fraction of sp³-hybridized carbons (Fsp3) is 0.667. The van der Waals surface area contributed by atoms with Crippen molar-refractivity contribution in [1.29, 1.82) is 0 Å². The highest BCUT2D eigenvalue weighted by atomic mass is 127. The highest BCUT2D eigenvalue weighted by molar-refractivity contribution is 14.0. The third kappa shape index (κ3) is 6.86. The normalized spacial score (nSPS) is 20.2. The molecular weight excluding hydrogens is 467 g/mol. The van der Waals surface area contributed by atoms with Gasteiger partial charge in [-0.1, -0.05) is 30.3 Å². The average molecular weight is 502 g/mol. The van der Waals surface area contributed by atoms with Crippen LogP contribution in [-0.2, 0) is 14.9 Å². The minimum Gasteiger partial charge on any atom is -0.381 e. The van der Waals surface area contributed by atoms with E-state index in [-0.39, 0.29) is 29.4 Å². The van der Waals surface area contributed by atoms with E-state index in [9.17, 15) is 0 Å². The summed E-state index contributed by atoms with van der Waals surface area (Å²) in [5.74, 6) is 0.910. The van der Waals surface area contributed by atoms with Crippen molar-refractivity contribution in [1.82, 2.24) is 15.5 Å². The monoisotopic (exact) mass is 502 g/mol. The van der Waals surface area contributed by atoms with E-state index in [2.05, 4.69) is 52.8 Å². The zero-order valence-corrected chi connectivity index (χ0v) is 19.3. The maximum Gasteiger partial charge on any atom is 0.191 e. The molecule has 0 aromatic heterocycles. The molecule has 28 heavy (non-hydrogen) atoms. The Balaban J connectivity index is 0.00000280. The van der Waals surface area contributed by atoms with Gasteiger partial charge in [0.2, 0.25) is 0 Å². The van der Waals surface area contributed by atoms with Gasteiger partial charge in [0, 0.05) is 51.4 Å². The number of benzene rings is 1. The smallest absolute Gasteiger partial charge is 0.191 e. The molecule has 2 aliphatic heterocycles. The fourth-order valence-electron chi connectivity index (χ4n) is 3.82. The Hall–Kier alpha value is -0.900. The summed E-state index contributed by atoms with van der Waals surface area (Å²) in [6.45, 7) is 11.0. The Morgan fingerprint density at radius 2 is 1.71 bits per heavy atom. The van der Waals surface area contributed by atoms with Gasteiger partial charge in [-0.2, -0.15) is 0 Å². The first kappa shape index (κ1) is 23.4. The number of nitrogens with one attached hydrogen (secondary N) is 2. The van der Waals surface area contributed by atoms with E-state index in [1.807, 2.05) is 0 Å². The molecule has 2 heterocycles. The predicted octanol–water partition coefficient (Wildman–Crippen LogP) is 2.24. The lowest BCUT2D eigenvalue weighted by atomic mass is 9.74. The van der Waals surface area contributed by atoms with Crippen molar-refractivity contribution in [3.8, 4) is 0 Å². The predicted molar refractivity (Wildman–Crippen MR) is 125 cm³/mol. The molecule has 1 aromatic rings. The van der Waals surface area contributed by atoms with Crippen LogP contribution in [0.5, 0.6) is 0 Å². The molecule has 2 fully saturated rings. The summed E-state index contributed by atoms with van der Waals surface area (Å²) < 4.78 is 11.1. The number of guanidine groups is 1. The van der Waals surface area contributed by atoms with Crippen LogP contribution in [0.3, 0.4) is 0 Å². The number of hydrogen-bond acceptors (Lipinski definition) is 4. The van der Waals surface area contributed by atoms with E-state index < -0.39 is 0 Å². The molecular formula is C21H35IN4O2. The van der Waals surface area contributed by atoms with Crippen molar-refractivity contribution in [2.24, 2.45) is 4.99 Å². The largest absolute Gasteiger partial charge is 0.381 e. The standard InChI is InChI=1S/C21H34N4O2.HI/c1-2-22-20(23-10-11-25-12-16-27-17-13-25)24-18-21(8-14-26-15-9-21)19-6-4-3-5-7-19;/h3-7H,2,8-18H2,1H3,(H2,22,23,24);1H. The van der Waals surface area contributed by atoms with Crippen LogP contribution in [0.2, 0.25) is 0 Å².